The molecule has 0 radical (unpaired) electrons. The summed E-state index contributed by atoms with van der Waals surface area (Å²) in [6.07, 6.45) is 3.40. The molecule has 1 atom stereocenters. The zero-order valence-corrected chi connectivity index (χ0v) is 11.7. The van der Waals surface area contributed by atoms with Crippen molar-refractivity contribution in [1.82, 2.24) is 15.3 Å². The van der Waals surface area contributed by atoms with Crippen LogP contribution in [-0.2, 0) is 9.84 Å². The van der Waals surface area contributed by atoms with E-state index in [0.29, 0.717) is 18.8 Å². The molecule has 108 valence electrons. The zero-order chi connectivity index (χ0) is 14.6. The Morgan fingerprint density at radius 3 is 2.95 bits per heavy atom. The third kappa shape index (κ3) is 3.77. The molecule has 20 heavy (non-hydrogen) atoms. The minimum absolute atomic E-state index is 0.00854. The summed E-state index contributed by atoms with van der Waals surface area (Å²) in [6, 6.07) is 1.18. The standard InChI is InChI=1S/C12H16N4O3S/c1-2-4-13-11-6-10(14-8-15-11)12(17)16-9-3-5-20(18,19)7-9/h2,6,8-9H,1,3-5,7H2,(H,16,17)(H,13,14,15). The number of sulfone groups is 1. The number of nitrogens with one attached hydrogen (secondary N) is 2. The van der Waals surface area contributed by atoms with Crippen molar-refractivity contribution < 1.29 is 13.2 Å². The fraction of sp³-hybridized carbons (Fsp3) is 0.417. The summed E-state index contributed by atoms with van der Waals surface area (Å²) in [7, 11) is -3.01. The Labute approximate surface area is 117 Å². The molecule has 0 saturated carbocycles. The molecule has 1 aromatic heterocycles. The predicted molar refractivity (Wildman–Crippen MR) is 75.2 cm³/mol. The van der Waals surface area contributed by atoms with E-state index in [-0.39, 0.29) is 23.2 Å². The van der Waals surface area contributed by atoms with Crippen LogP contribution in [0.25, 0.3) is 0 Å². The van der Waals surface area contributed by atoms with E-state index in [0.717, 1.165) is 0 Å². The molecule has 1 unspecified atom stereocenters. The highest BCUT2D eigenvalue weighted by Crippen LogP contribution is 2.12. The maximum Gasteiger partial charge on any atom is 0.270 e. The number of aromatic nitrogens is 2. The average Bonchev–Trinajstić information content (AvgIpc) is 2.76. The van der Waals surface area contributed by atoms with Gasteiger partial charge in [-0.25, -0.2) is 18.4 Å². The number of carbonyl (C=O) groups is 1. The molecule has 0 aromatic carbocycles. The molecule has 1 aliphatic heterocycles. The number of hydrogen-bond acceptors (Lipinski definition) is 6. The van der Waals surface area contributed by atoms with Gasteiger partial charge in [0, 0.05) is 18.7 Å². The lowest BCUT2D eigenvalue weighted by atomic mass is 10.2. The number of anilines is 1. The molecular weight excluding hydrogens is 280 g/mol. The first-order chi connectivity index (χ1) is 9.50. The normalized spacial score (nSPS) is 20.3. The number of carbonyl (C=O) groups excluding carboxylic acids is 1. The van der Waals surface area contributed by atoms with Crippen LogP contribution in [0.5, 0.6) is 0 Å². The first-order valence-electron chi connectivity index (χ1n) is 6.18. The van der Waals surface area contributed by atoms with Crippen LogP contribution in [0.15, 0.2) is 25.0 Å². The van der Waals surface area contributed by atoms with Crippen LogP contribution in [0.4, 0.5) is 5.82 Å². The summed E-state index contributed by atoms with van der Waals surface area (Å²) < 4.78 is 22.7. The largest absolute Gasteiger partial charge is 0.366 e. The second kappa shape index (κ2) is 6.00. The highest BCUT2D eigenvalue weighted by molar-refractivity contribution is 7.91. The smallest absolute Gasteiger partial charge is 0.270 e. The second-order valence-corrected chi connectivity index (χ2v) is 6.76. The van der Waals surface area contributed by atoms with Gasteiger partial charge in [-0.05, 0) is 6.42 Å². The van der Waals surface area contributed by atoms with Gasteiger partial charge in [-0.15, -0.1) is 6.58 Å². The van der Waals surface area contributed by atoms with Crippen molar-refractivity contribution >= 4 is 21.6 Å². The van der Waals surface area contributed by atoms with Gasteiger partial charge >= 0.3 is 0 Å². The zero-order valence-electron chi connectivity index (χ0n) is 10.9. The molecule has 2 N–H and O–H groups in total. The van der Waals surface area contributed by atoms with Crippen molar-refractivity contribution in [2.75, 3.05) is 23.4 Å². The molecule has 1 saturated heterocycles. The van der Waals surface area contributed by atoms with E-state index < -0.39 is 15.7 Å². The van der Waals surface area contributed by atoms with Gasteiger partial charge in [0.15, 0.2) is 9.84 Å². The summed E-state index contributed by atoms with van der Waals surface area (Å²) in [5.74, 6) is 0.236. The summed E-state index contributed by atoms with van der Waals surface area (Å²) in [5.41, 5.74) is 0.205. The Balaban J connectivity index is 2.00. The van der Waals surface area contributed by atoms with Gasteiger partial charge in [0.25, 0.3) is 5.91 Å². The average molecular weight is 296 g/mol. The lowest BCUT2D eigenvalue weighted by molar-refractivity contribution is 0.0936. The Bertz CT molecular complexity index is 615. The SMILES string of the molecule is C=CCNc1cc(C(=O)NC2CCS(=O)(=O)C2)ncn1. The second-order valence-electron chi connectivity index (χ2n) is 4.53. The lowest BCUT2D eigenvalue weighted by Gasteiger charge is -2.10. The number of nitrogens with zero attached hydrogens (tertiary/aromatic N) is 2. The van der Waals surface area contributed by atoms with Crippen LogP contribution in [0.2, 0.25) is 0 Å². The molecule has 0 aliphatic carbocycles. The van der Waals surface area contributed by atoms with E-state index in [4.69, 9.17) is 0 Å². The van der Waals surface area contributed by atoms with Crippen LogP contribution in [-0.4, -0.2) is 48.4 Å². The Morgan fingerprint density at radius 1 is 1.50 bits per heavy atom. The predicted octanol–water partition coefficient (Wildman–Crippen LogP) is -0.00860. The van der Waals surface area contributed by atoms with Gasteiger partial charge in [-0.1, -0.05) is 6.08 Å². The van der Waals surface area contributed by atoms with E-state index >= 15 is 0 Å². The van der Waals surface area contributed by atoms with Gasteiger partial charge in [0.05, 0.1) is 11.5 Å². The fourth-order valence-corrected chi connectivity index (χ4v) is 3.60. The van der Waals surface area contributed by atoms with E-state index in [9.17, 15) is 13.2 Å². The monoisotopic (exact) mass is 296 g/mol. The van der Waals surface area contributed by atoms with Gasteiger partial charge in [0.1, 0.15) is 17.8 Å². The topological polar surface area (TPSA) is 101 Å². The van der Waals surface area contributed by atoms with E-state index in [1.165, 1.54) is 12.4 Å². The van der Waals surface area contributed by atoms with Crippen molar-refractivity contribution in [3.63, 3.8) is 0 Å². The van der Waals surface area contributed by atoms with Crippen LogP contribution in [0.3, 0.4) is 0 Å². The van der Waals surface area contributed by atoms with Crippen molar-refractivity contribution in [2.45, 2.75) is 12.5 Å². The van der Waals surface area contributed by atoms with E-state index in [1.807, 2.05) is 0 Å². The molecule has 1 amide bonds. The quantitative estimate of drug-likeness (QED) is 0.741. The minimum atomic E-state index is -3.01. The van der Waals surface area contributed by atoms with Crippen molar-refractivity contribution in [2.24, 2.45) is 0 Å². The number of rotatable bonds is 5. The fourth-order valence-electron chi connectivity index (χ4n) is 1.92. The molecule has 1 aromatic rings. The number of amides is 1. The molecular formula is C12H16N4O3S. The summed E-state index contributed by atoms with van der Waals surface area (Å²) in [5, 5.41) is 5.63. The van der Waals surface area contributed by atoms with Gasteiger partial charge in [0.2, 0.25) is 0 Å². The molecule has 0 spiro atoms. The first kappa shape index (κ1) is 14.4. The summed E-state index contributed by atoms with van der Waals surface area (Å²) in [6.45, 7) is 4.10. The molecule has 7 nitrogen and oxygen atoms in total. The maximum atomic E-state index is 12.0. The van der Waals surface area contributed by atoms with Crippen LogP contribution < -0.4 is 10.6 Å². The molecule has 2 heterocycles. The Kier molecular flexibility index (Phi) is 4.33. The van der Waals surface area contributed by atoms with Crippen molar-refractivity contribution in [1.29, 1.82) is 0 Å². The molecule has 2 rings (SSSR count). The third-order valence-electron chi connectivity index (χ3n) is 2.89. The molecule has 1 fully saturated rings. The van der Waals surface area contributed by atoms with E-state index in [1.54, 1.807) is 6.08 Å². The lowest BCUT2D eigenvalue weighted by Crippen LogP contribution is -2.36. The van der Waals surface area contributed by atoms with Crippen LogP contribution in [0.1, 0.15) is 16.9 Å². The van der Waals surface area contributed by atoms with Crippen molar-refractivity contribution in [3.8, 4) is 0 Å². The maximum absolute atomic E-state index is 12.0. The van der Waals surface area contributed by atoms with Gasteiger partial charge < -0.3 is 10.6 Å². The molecule has 8 heteroatoms. The van der Waals surface area contributed by atoms with Gasteiger partial charge in [-0.2, -0.15) is 0 Å². The summed E-state index contributed by atoms with van der Waals surface area (Å²) >= 11 is 0. The minimum Gasteiger partial charge on any atom is -0.366 e. The molecule has 1 aliphatic rings. The highest BCUT2D eigenvalue weighted by atomic mass is 32.2. The van der Waals surface area contributed by atoms with Crippen LogP contribution >= 0.6 is 0 Å². The first-order valence-corrected chi connectivity index (χ1v) is 8.00. The Morgan fingerprint density at radius 2 is 2.30 bits per heavy atom. The van der Waals surface area contributed by atoms with Crippen molar-refractivity contribution in [3.05, 3.63) is 30.7 Å². The van der Waals surface area contributed by atoms with Crippen LogP contribution in [0, 0.1) is 0 Å². The molecule has 0 bridgehead atoms. The highest BCUT2D eigenvalue weighted by Gasteiger charge is 2.29. The summed E-state index contributed by atoms with van der Waals surface area (Å²) in [4.78, 5) is 19.8. The Hall–Kier alpha value is -1.96. The third-order valence-corrected chi connectivity index (χ3v) is 4.66. The number of hydrogen-bond donors (Lipinski definition) is 2. The van der Waals surface area contributed by atoms with Gasteiger partial charge in [-0.3, -0.25) is 4.79 Å². The van der Waals surface area contributed by atoms with E-state index in [2.05, 4.69) is 27.2 Å².